The predicted molar refractivity (Wildman–Crippen MR) is 95.0 cm³/mol. The molecule has 4 rings (SSSR count). The first kappa shape index (κ1) is 15.6. The van der Waals surface area contributed by atoms with Gasteiger partial charge in [0.15, 0.2) is 0 Å². The molecule has 0 fully saturated rings. The summed E-state index contributed by atoms with van der Waals surface area (Å²) >= 11 is 0. The topological polar surface area (TPSA) is 46.9 Å². The highest BCUT2D eigenvalue weighted by atomic mass is 19.1. The number of aryl methyl sites for hydroxylation is 2. The Kier molecular flexibility index (Phi) is 4.06. The van der Waals surface area contributed by atoms with Gasteiger partial charge in [-0.3, -0.25) is 4.79 Å². The quantitative estimate of drug-likeness (QED) is 0.777. The second-order valence-corrected chi connectivity index (χ2v) is 6.20. The second kappa shape index (κ2) is 6.51. The lowest BCUT2D eigenvalue weighted by Crippen LogP contribution is -2.12. The van der Waals surface area contributed by atoms with Crippen molar-refractivity contribution in [1.29, 1.82) is 0 Å². The smallest absolute Gasteiger partial charge is 0.255 e. The molecule has 0 spiro atoms. The monoisotopic (exact) mass is 335 g/mol. The van der Waals surface area contributed by atoms with Crippen molar-refractivity contribution in [2.24, 2.45) is 0 Å². The highest BCUT2D eigenvalue weighted by Crippen LogP contribution is 2.29. The largest absolute Gasteiger partial charge is 0.334 e. The van der Waals surface area contributed by atoms with E-state index in [0.29, 0.717) is 11.3 Å². The minimum Gasteiger partial charge on any atom is -0.334 e. The Morgan fingerprint density at radius 2 is 2.00 bits per heavy atom. The van der Waals surface area contributed by atoms with E-state index in [0.717, 1.165) is 36.5 Å². The normalized spacial score (nSPS) is 13.3. The third kappa shape index (κ3) is 3.18. The molecular weight excluding hydrogens is 317 g/mol. The van der Waals surface area contributed by atoms with E-state index in [4.69, 9.17) is 4.98 Å². The summed E-state index contributed by atoms with van der Waals surface area (Å²) in [4.78, 5) is 17.2. The molecule has 1 N–H and O–H groups in total. The van der Waals surface area contributed by atoms with Gasteiger partial charge in [-0.2, -0.15) is 0 Å². The van der Waals surface area contributed by atoms with Crippen molar-refractivity contribution in [1.82, 2.24) is 9.55 Å². The lowest BCUT2D eigenvalue weighted by Gasteiger charge is -2.11. The van der Waals surface area contributed by atoms with E-state index in [2.05, 4.69) is 9.88 Å². The van der Waals surface area contributed by atoms with E-state index in [1.165, 1.54) is 24.6 Å². The molecule has 3 aromatic rings. The molecule has 1 aliphatic heterocycles. The number of hydrogen-bond donors (Lipinski definition) is 1. The van der Waals surface area contributed by atoms with Crippen LogP contribution in [0.1, 0.15) is 29.0 Å². The number of nitrogens with zero attached hydrogens (tertiary/aromatic N) is 2. The van der Waals surface area contributed by atoms with Gasteiger partial charge >= 0.3 is 0 Å². The van der Waals surface area contributed by atoms with Gasteiger partial charge in [0.2, 0.25) is 0 Å². The van der Waals surface area contributed by atoms with E-state index < -0.39 is 5.82 Å². The molecule has 0 saturated heterocycles. The second-order valence-electron chi connectivity index (χ2n) is 6.20. The van der Waals surface area contributed by atoms with Crippen LogP contribution in [0, 0.1) is 5.82 Å². The number of halogens is 1. The minimum atomic E-state index is -0.428. The number of fused-ring (bicyclic) bond motifs is 1. The van der Waals surface area contributed by atoms with E-state index >= 15 is 0 Å². The first-order valence-electron chi connectivity index (χ1n) is 8.43. The molecule has 0 aliphatic carbocycles. The molecule has 0 unspecified atom stereocenters. The summed E-state index contributed by atoms with van der Waals surface area (Å²) in [5.74, 6) is 0.325. The number of rotatable bonds is 3. The van der Waals surface area contributed by atoms with Crippen LogP contribution >= 0.6 is 0 Å². The molecule has 0 atom stereocenters. The van der Waals surface area contributed by atoms with Crippen LogP contribution in [0.5, 0.6) is 0 Å². The van der Waals surface area contributed by atoms with Gasteiger partial charge in [0.05, 0.1) is 11.4 Å². The zero-order valence-corrected chi connectivity index (χ0v) is 13.7. The Labute approximate surface area is 145 Å². The maximum absolute atomic E-state index is 13.3. The summed E-state index contributed by atoms with van der Waals surface area (Å²) in [6, 6.07) is 13.2. The predicted octanol–water partition coefficient (Wildman–Crippen LogP) is 4.28. The lowest BCUT2D eigenvalue weighted by molar-refractivity contribution is 0.102. The maximum atomic E-state index is 13.3. The molecule has 0 bridgehead atoms. The summed E-state index contributed by atoms with van der Waals surface area (Å²) < 4.78 is 15.5. The van der Waals surface area contributed by atoms with Crippen molar-refractivity contribution in [3.8, 4) is 11.3 Å². The first-order chi connectivity index (χ1) is 12.2. The Morgan fingerprint density at radius 1 is 1.12 bits per heavy atom. The molecule has 1 amide bonds. The van der Waals surface area contributed by atoms with Crippen LogP contribution in [0.3, 0.4) is 0 Å². The zero-order chi connectivity index (χ0) is 17.2. The van der Waals surface area contributed by atoms with Gasteiger partial charge < -0.3 is 9.88 Å². The minimum absolute atomic E-state index is 0.291. The van der Waals surface area contributed by atoms with Gasteiger partial charge in [-0.15, -0.1) is 0 Å². The molecule has 126 valence electrons. The lowest BCUT2D eigenvalue weighted by atomic mass is 10.1. The Hall–Kier alpha value is -2.95. The third-order valence-electron chi connectivity index (χ3n) is 4.45. The SMILES string of the molecule is O=C(Nc1ccccc1-c1cn2c(n1)CCCC2)c1cccc(F)c1. The summed E-state index contributed by atoms with van der Waals surface area (Å²) in [6.07, 6.45) is 5.36. The molecule has 2 aromatic carbocycles. The average molecular weight is 335 g/mol. The van der Waals surface area contributed by atoms with Crippen molar-refractivity contribution >= 4 is 11.6 Å². The number of para-hydroxylation sites is 1. The number of benzene rings is 2. The highest BCUT2D eigenvalue weighted by molar-refractivity contribution is 6.06. The number of carbonyl (C=O) groups is 1. The summed E-state index contributed by atoms with van der Waals surface area (Å²) in [5, 5.41) is 2.88. The molecular formula is C20H18FN3O. The summed E-state index contributed by atoms with van der Waals surface area (Å²) in [5.41, 5.74) is 2.69. The van der Waals surface area contributed by atoms with Crippen LogP contribution in [0.25, 0.3) is 11.3 Å². The molecule has 0 saturated carbocycles. The van der Waals surface area contributed by atoms with Crippen LogP contribution in [-0.2, 0) is 13.0 Å². The van der Waals surface area contributed by atoms with Crippen LogP contribution < -0.4 is 5.32 Å². The number of hydrogen-bond acceptors (Lipinski definition) is 2. The molecule has 0 radical (unpaired) electrons. The zero-order valence-electron chi connectivity index (χ0n) is 13.7. The fourth-order valence-electron chi connectivity index (χ4n) is 3.18. The molecule has 1 aromatic heterocycles. The van der Waals surface area contributed by atoms with Gasteiger partial charge in [0.1, 0.15) is 11.6 Å². The third-order valence-corrected chi connectivity index (χ3v) is 4.45. The van der Waals surface area contributed by atoms with E-state index in [-0.39, 0.29) is 5.91 Å². The summed E-state index contributed by atoms with van der Waals surface area (Å²) in [6.45, 7) is 0.986. The van der Waals surface area contributed by atoms with E-state index in [9.17, 15) is 9.18 Å². The Balaban J connectivity index is 1.65. The van der Waals surface area contributed by atoms with Gasteiger partial charge in [-0.05, 0) is 37.1 Å². The van der Waals surface area contributed by atoms with Gasteiger partial charge in [-0.1, -0.05) is 24.3 Å². The molecule has 4 nitrogen and oxygen atoms in total. The van der Waals surface area contributed by atoms with Crippen molar-refractivity contribution in [3.63, 3.8) is 0 Å². The number of amides is 1. The van der Waals surface area contributed by atoms with Crippen molar-refractivity contribution < 1.29 is 9.18 Å². The number of imidazole rings is 1. The van der Waals surface area contributed by atoms with Gasteiger partial charge in [-0.25, -0.2) is 9.37 Å². The molecule has 25 heavy (non-hydrogen) atoms. The number of anilines is 1. The Bertz CT molecular complexity index is 909. The number of nitrogens with one attached hydrogen (secondary N) is 1. The fourth-order valence-corrected chi connectivity index (χ4v) is 3.18. The number of aromatic nitrogens is 2. The average Bonchev–Trinajstić information content (AvgIpc) is 3.06. The standard InChI is InChI=1S/C20H18FN3O/c21-15-7-5-6-14(12-15)20(25)23-17-9-2-1-8-16(17)18-13-24-11-4-3-10-19(24)22-18/h1-2,5-9,12-13H,3-4,10-11H2,(H,23,25). The van der Waals surface area contributed by atoms with Crippen molar-refractivity contribution in [2.75, 3.05) is 5.32 Å². The molecule has 5 heteroatoms. The van der Waals surface area contributed by atoms with Crippen molar-refractivity contribution in [3.05, 3.63) is 71.9 Å². The summed E-state index contributed by atoms with van der Waals surface area (Å²) in [7, 11) is 0. The van der Waals surface area contributed by atoms with Crippen LogP contribution in [0.4, 0.5) is 10.1 Å². The van der Waals surface area contributed by atoms with Crippen LogP contribution in [-0.4, -0.2) is 15.5 Å². The highest BCUT2D eigenvalue weighted by Gasteiger charge is 2.16. The van der Waals surface area contributed by atoms with E-state index in [1.807, 2.05) is 30.5 Å². The van der Waals surface area contributed by atoms with Crippen LogP contribution in [0.15, 0.2) is 54.7 Å². The Morgan fingerprint density at radius 3 is 2.84 bits per heavy atom. The van der Waals surface area contributed by atoms with Crippen LogP contribution in [0.2, 0.25) is 0 Å². The van der Waals surface area contributed by atoms with Gasteiger partial charge in [0, 0.05) is 30.3 Å². The molecule has 2 heterocycles. The molecule has 1 aliphatic rings. The number of carbonyl (C=O) groups excluding carboxylic acids is 1. The van der Waals surface area contributed by atoms with Crippen molar-refractivity contribution in [2.45, 2.75) is 25.8 Å². The maximum Gasteiger partial charge on any atom is 0.255 e. The fraction of sp³-hybridized carbons (Fsp3) is 0.200. The first-order valence-corrected chi connectivity index (χ1v) is 8.43. The van der Waals surface area contributed by atoms with E-state index in [1.54, 1.807) is 6.07 Å². The van der Waals surface area contributed by atoms with Gasteiger partial charge in [0.25, 0.3) is 5.91 Å².